The lowest BCUT2D eigenvalue weighted by molar-refractivity contribution is -0.185. The van der Waals surface area contributed by atoms with Gasteiger partial charge in [-0.05, 0) is 38.8 Å². The second-order valence-corrected chi connectivity index (χ2v) is 6.88. The molecule has 1 saturated heterocycles. The molecule has 1 aromatic heterocycles. The quantitative estimate of drug-likeness (QED) is 0.908. The minimum absolute atomic E-state index is 0.0725. The highest BCUT2D eigenvalue weighted by Gasteiger charge is 2.47. The lowest BCUT2D eigenvalue weighted by atomic mass is 9.94. The number of nitrogens with zero attached hydrogens (tertiary/aromatic N) is 1. The van der Waals surface area contributed by atoms with Gasteiger partial charge in [0.25, 0.3) is 5.91 Å². The van der Waals surface area contributed by atoms with Crippen molar-refractivity contribution in [1.82, 2.24) is 4.90 Å². The second-order valence-electron chi connectivity index (χ2n) is 6.88. The Morgan fingerprint density at radius 1 is 1.14 bits per heavy atom. The fourth-order valence-corrected chi connectivity index (χ4v) is 3.66. The highest BCUT2D eigenvalue weighted by atomic mass is 16.5. The fraction of sp³-hybridized carbons (Fsp3) is 0.625. The van der Waals surface area contributed by atoms with Crippen molar-refractivity contribution in [3.63, 3.8) is 0 Å². The summed E-state index contributed by atoms with van der Waals surface area (Å²) in [5.74, 6) is -1.58. The zero-order valence-electron chi connectivity index (χ0n) is 12.9. The molecule has 0 bridgehead atoms. The first-order valence-electron chi connectivity index (χ1n) is 7.63. The van der Waals surface area contributed by atoms with Crippen molar-refractivity contribution >= 4 is 11.9 Å². The Kier molecular flexibility index (Phi) is 3.51. The van der Waals surface area contributed by atoms with Gasteiger partial charge in [0.15, 0.2) is 5.76 Å². The standard InChI is InChI=1S/C16H21NO5/c1-15(2)9-17(10-16(22-15)7-3-4-8-16)13(18)11-5-6-12(21-11)14(19)20/h5-6H,3-4,7-10H2,1-2H3,(H,19,20). The number of aromatic carboxylic acids is 1. The molecule has 2 heterocycles. The summed E-state index contributed by atoms with van der Waals surface area (Å²) in [4.78, 5) is 25.3. The molecule has 1 aliphatic heterocycles. The number of carboxylic acids is 1. The van der Waals surface area contributed by atoms with E-state index in [1.807, 2.05) is 13.8 Å². The van der Waals surface area contributed by atoms with Crippen LogP contribution in [-0.4, -0.2) is 46.2 Å². The van der Waals surface area contributed by atoms with Crippen LogP contribution < -0.4 is 0 Å². The highest BCUT2D eigenvalue weighted by Crippen LogP contribution is 2.41. The summed E-state index contributed by atoms with van der Waals surface area (Å²) in [6, 6.07) is 2.74. The van der Waals surface area contributed by atoms with Crippen LogP contribution in [0.2, 0.25) is 0 Å². The number of rotatable bonds is 2. The maximum absolute atomic E-state index is 12.6. The molecule has 3 rings (SSSR count). The molecule has 22 heavy (non-hydrogen) atoms. The predicted octanol–water partition coefficient (Wildman–Crippen LogP) is 2.54. The van der Waals surface area contributed by atoms with Crippen LogP contribution >= 0.6 is 0 Å². The van der Waals surface area contributed by atoms with Crippen molar-refractivity contribution in [2.24, 2.45) is 0 Å². The summed E-state index contributed by atoms with van der Waals surface area (Å²) < 4.78 is 11.4. The number of carbonyl (C=O) groups excluding carboxylic acids is 1. The molecule has 1 amide bonds. The van der Waals surface area contributed by atoms with Crippen LogP contribution in [-0.2, 0) is 4.74 Å². The van der Waals surface area contributed by atoms with Crippen LogP contribution in [0.4, 0.5) is 0 Å². The molecular formula is C16H21NO5. The van der Waals surface area contributed by atoms with Gasteiger partial charge in [-0.2, -0.15) is 0 Å². The van der Waals surface area contributed by atoms with Gasteiger partial charge in [0.1, 0.15) is 0 Å². The van der Waals surface area contributed by atoms with Crippen molar-refractivity contribution in [1.29, 1.82) is 0 Å². The summed E-state index contributed by atoms with van der Waals surface area (Å²) in [6.07, 6.45) is 4.14. The predicted molar refractivity (Wildman–Crippen MR) is 77.9 cm³/mol. The van der Waals surface area contributed by atoms with Gasteiger partial charge in [-0.25, -0.2) is 4.79 Å². The van der Waals surface area contributed by atoms with Gasteiger partial charge in [0, 0.05) is 6.54 Å². The Morgan fingerprint density at radius 2 is 1.77 bits per heavy atom. The van der Waals surface area contributed by atoms with Crippen LogP contribution in [0.15, 0.2) is 16.5 Å². The summed E-state index contributed by atoms with van der Waals surface area (Å²) >= 11 is 0. The molecule has 0 unspecified atom stereocenters. The van der Waals surface area contributed by atoms with E-state index in [0.29, 0.717) is 13.1 Å². The maximum atomic E-state index is 12.6. The molecule has 0 atom stereocenters. The molecule has 0 aromatic carbocycles. The number of morpholine rings is 1. The van der Waals surface area contributed by atoms with Crippen molar-refractivity contribution in [3.8, 4) is 0 Å². The van der Waals surface area contributed by atoms with E-state index in [4.69, 9.17) is 14.3 Å². The van der Waals surface area contributed by atoms with E-state index in [9.17, 15) is 9.59 Å². The first kappa shape index (κ1) is 15.1. The summed E-state index contributed by atoms with van der Waals surface area (Å²) in [6.45, 7) is 4.98. The van der Waals surface area contributed by atoms with Gasteiger partial charge < -0.3 is 19.2 Å². The fourth-order valence-electron chi connectivity index (χ4n) is 3.66. The third-order valence-corrected chi connectivity index (χ3v) is 4.37. The Balaban J connectivity index is 1.82. The van der Waals surface area contributed by atoms with Gasteiger partial charge in [-0.1, -0.05) is 12.8 Å². The van der Waals surface area contributed by atoms with Crippen LogP contribution in [0.3, 0.4) is 0 Å². The minimum Gasteiger partial charge on any atom is -0.475 e. The van der Waals surface area contributed by atoms with E-state index in [1.165, 1.54) is 12.1 Å². The first-order valence-corrected chi connectivity index (χ1v) is 7.63. The van der Waals surface area contributed by atoms with E-state index < -0.39 is 11.6 Å². The number of amides is 1. The van der Waals surface area contributed by atoms with E-state index in [2.05, 4.69) is 0 Å². The number of carbonyl (C=O) groups is 2. The second kappa shape index (κ2) is 5.12. The van der Waals surface area contributed by atoms with Gasteiger partial charge in [0.05, 0.1) is 17.7 Å². The SMILES string of the molecule is CC1(C)CN(C(=O)c2ccc(C(=O)O)o2)CC2(CCCC2)O1. The molecule has 6 nitrogen and oxygen atoms in total. The van der Waals surface area contributed by atoms with Crippen molar-refractivity contribution in [2.45, 2.75) is 50.7 Å². The lowest BCUT2D eigenvalue weighted by Crippen LogP contribution is -2.59. The molecule has 1 aliphatic carbocycles. The maximum Gasteiger partial charge on any atom is 0.371 e. The molecule has 2 aliphatic rings. The van der Waals surface area contributed by atoms with E-state index >= 15 is 0 Å². The summed E-state index contributed by atoms with van der Waals surface area (Å²) in [5, 5.41) is 8.90. The largest absolute Gasteiger partial charge is 0.475 e. The van der Waals surface area contributed by atoms with Gasteiger partial charge >= 0.3 is 5.97 Å². The third-order valence-electron chi connectivity index (χ3n) is 4.37. The van der Waals surface area contributed by atoms with Crippen molar-refractivity contribution < 1.29 is 23.8 Å². The molecule has 1 aromatic rings. The molecule has 2 fully saturated rings. The van der Waals surface area contributed by atoms with Crippen LogP contribution in [0.25, 0.3) is 0 Å². The summed E-state index contributed by atoms with van der Waals surface area (Å²) in [7, 11) is 0. The molecule has 6 heteroatoms. The van der Waals surface area contributed by atoms with Crippen LogP contribution in [0.5, 0.6) is 0 Å². The zero-order chi connectivity index (χ0) is 16.0. The summed E-state index contributed by atoms with van der Waals surface area (Å²) in [5.41, 5.74) is -0.680. The smallest absolute Gasteiger partial charge is 0.371 e. The number of hydrogen-bond donors (Lipinski definition) is 1. The zero-order valence-corrected chi connectivity index (χ0v) is 12.9. The lowest BCUT2D eigenvalue weighted by Gasteiger charge is -2.48. The van der Waals surface area contributed by atoms with Gasteiger partial charge in [-0.15, -0.1) is 0 Å². The number of carboxylic acid groups (broad SMARTS) is 1. The molecule has 1 spiro atoms. The number of ether oxygens (including phenoxy) is 1. The Labute approximate surface area is 129 Å². The van der Waals surface area contributed by atoms with E-state index in [1.54, 1.807) is 4.90 Å². The Morgan fingerprint density at radius 3 is 2.36 bits per heavy atom. The molecule has 1 N–H and O–H groups in total. The average molecular weight is 307 g/mol. The van der Waals surface area contributed by atoms with Crippen molar-refractivity contribution in [2.75, 3.05) is 13.1 Å². The normalized spacial score (nSPS) is 22.9. The number of furan rings is 1. The van der Waals surface area contributed by atoms with E-state index in [-0.39, 0.29) is 23.0 Å². The molecule has 1 saturated carbocycles. The van der Waals surface area contributed by atoms with Gasteiger partial charge in [-0.3, -0.25) is 4.79 Å². The molecular weight excluding hydrogens is 286 g/mol. The molecule has 120 valence electrons. The Hall–Kier alpha value is -1.82. The molecule has 0 radical (unpaired) electrons. The Bertz CT molecular complexity index is 597. The highest BCUT2D eigenvalue weighted by molar-refractivity contribution is 5.93. The third kappa shape index (κ3) is 2.75. The topological polar surface area (TPSA) is 80.0 Å². The minimum atomic E-state index is -1.17. The van der Waals surface area contributed by atoms with Crippen LogP contribution in [0.1, 0.15) is 60.6 Å². The van der Waals surface area contributed by atoms with E-state index in [0.717, 1.165) is 25.7 Å². The monoisotopic (exact) mass is 307 g/mol. The average Bonchev–Trinajstić information content (AvgIpc) is 3.05. The number of hydrogen-bond acceptors (Lipinski definition) is 4. The van der Waals surface area contributed by atoms with Crippen LogP contribution in [0, 0.1) is 0 Å². The first-order chi connectivity index (χ1) is 10.3. The van der Waals surface area contributed by atoms with Crippen molar-refractivity contribution in [3.05, 3.63) is 23.7 Å². The van der Waals surface area contributed by atoms with Gasteiger partial charge in [0.2, 0.25) is 5.76 Å².